The third-order valence-corrected chi connectivity index (χ3v) is 9.06. The first-order valence-corrected chi connectivity index (χ1v) is 14.7. The lowest BCUT2D eigenvalue weighted by molar-refractivity contribution is -0.113. The number of hydrogen-bond acceptors (Lipinski definition) is 5. The van der Waals surface area contributed by atoms with E-state index in [1.165, 1.54) is 52.9 Å². The summed E-state index contributed by atoms with van der Waals surface area (Å²) in [6.07, 6.45) is 9.63. The Bertz CT molecular complexity index is 1270. The predicted molar refractivity (Wildman–Crippen MR) is 159 cm³/mol. The molecule has 3 aromatic rings. The summed E-state index contributed by atoms with van der Waals surface area (Å²) >= 11 is 9.56. The van der Waals surface area contributed by atoms with Gasteiger partial charge in [-0.1, -0.05) is 30.2 Å². The summed E-state index contributed by atoms with van der Waals surface area (Å²) in [5, 5.41) is 5.11. The van der Waals surface area contributed by atoms with Crippen molar-refractivity contribution in [3.8, 4) is 0 Å². The number of thiophene rings is 1. The van der Waals surface area contributed by atoms with E-state index in [0.29, 0.717) is 5.02 Å². The van der Waals surface area contributed by atoms with Crippen molar-refractivity contribution in [2.24, 2.45) is 0 Å². The van der Waals surface area contributed by atoms with E-state index in [-0.39, 0.29) is 5.91 Å². The fourth-order valence-corrected chi connectivity index (χ4v) is 6.47. The Morgan fingerprint density at radius 2 is 1.86 bits per heavy atom. The van der Waals surface area contributed by atoms with E-state index in [2.05, 4.69) is 29.3 Å². The summed E-state index contributed by atoms with van der Waals surface area (Å²) < 4.78 is 1.28. The zero-order chi connectivity index (χ0) is 25.7. The van der Waals surface area contributed by atoms with E-state index in [1.54, 1.807) is 22.7 Å². The van der Waals surface area contributed by atoms with Crippen LogP contribution >= 0.6 is 34.7 Å². The zero-order valence-electron chi connectivity index (χ0n) is 21.4. The molecule has 2 heterocycles. The number of likely N-dealkylation sites (N-methyl/N-ethyl adjacent to an activating group) is 2. The maximum absolute atomic E-state index is 13.2. The number of anilines is 1. The molecule has 1 amide bonds. The molecule has 36 heavy (non-hydrogen) atoms. The molecule has 4 nitrogen and oxygen atoms in total. The average Bonchev–Trinajstić information content (AvgIpc) is 3.21. The highest BCUT2D eigenvalue weighted by Crippen LogP contribution is 2.35. The number of rotatable bonds is 8. The number of piperidine rings is 1. The van der Waals surface area contributed by atoms with Crippen molar-refractivity contribution in [1.29, 1.82) is 0 Å². The molecular weight excluding hydrogens is 506 g/mol. The van der Waals surface area contributed by atoms with Crippen LogP contribution in [-0.2, 0) is 11.3 Å². The minimum absolute atomic E-state index is 0.0760. The number of allylic oxidation sites excluding steroid dienone is 1. The molecule has 1 N–H and O–H groups in total. The third kappa shape index (κ3) is 6.35. The van der Waals surface area contributed by atoms with Crippen molar-refractivity contribution in [2.75, 3.05) is 38.3 Å². The highest BCUT2D eigenvalue weighted by Gasteiger charge is 2.17. The Balaban J connectivity index is 1.54. The normalized spacial score (nSPS) is 15.4. The number of halogens is 1. The quantitative estimate of drug-likeness (QED) is 0.240. The number of amides is 1. The molecular formula is C29H34ClN3OS2. The summed E-state index contributed by atoms with van der Waals surface area (Å²) in [5.41, 5.74) is 4.05. The fraction of sp³-hybridized carbons (Fsp3) is 0.345. The maximum atomic E-state index is 13.2. The van der Waals surface area contributed by atoms with E-state index in [1.807, 2.05) is 68.1 Å². The SMILES string of the molecule is CNC(=C\C(=O)N(C)c1ccc2sc(CN3CCCCC3)c(C)c2c1)/C=C(\SC)c1ccc(Cl)cc1. The standard InChI is InChI=1S/C29H34ClN3OS2/c1-20-25-18-24(12-13-26(25)36-28(20)19-33-14-6-5-7-15-33)32(3)29(34)17-23(31-2)16-27(35-4)21-8-10-22(30)11-9-21/h8-13,16-18,31H,5-7,14-15,19H2,1-4H3/b23-17-,27-16-. The molecule has 1 aromatic heterocycles. The number of thioether (sulfide) groups is 1. The second-order valence-electron chi connectivity index (χ2n) is 9.13. The van der Waals surface area contributed by atoms with Crippen LogP contribution in [0.1, 0.15) is 35.3 Å². The van der Waals surface area contributed by atoms with Crippen LogP contribution in [0.15, 0.2) is 60.3 Å². The molecule has 0 aliphatic carbocycles. The van der Waals surface area contributed by atoms with Crippen LogP contribution in [0.2, 0.25) is 5.02 Å². The van der Waals surface area contributed by atoms with Gasteiger partial charge < -0.3 is 10.2 Å². The van der Waals surface area contributed by atoms with Gasteiger partial charge in [-0.25, -0.2) is 0 Å². The Labute approximate surface area is 228 Å². The van der Waals surface area contributed by atoms with E-state index in [4.69, 9.17) is 11.6 Å². The topological polar surface area (TPSA) is 35.6 Å². The van der Waals surface area contributed by atoms with Crippen LogP contribution in [0, 0.1) is 6.92 Å². The molecule has 1 fully saturated rings. The highest BCUT2D eigenvalue weighted by molar-refractivity contribution is 8.07. The molecule has 4 rings (SSSR count). The lowest BCUT2D eigenvalue weighted by Crippen LogP contribution is -2.28. The van der Waals surface area contributed by atoms with Crippen molar-refractivity contribution < 1.29 is 4.79 Å². The van der Waals surface area contributed by atoms with Crippen molar-refractivity contribution in [3.05, 3.63) is 81.3 Å². The lowest BCUT2D eigenvalue weighted by atomic mass is 10.1. The van der Waals surface area contributed by atoms with Crippen LogP contribution in [0.25, 0.3) is 15.0 Å². The number of fused-ring (bicyclic) bond motifs is 1. The first-order chi connectivity index (χ1) is 17.4. The monoisotopic (exact) mass is 539 g/mol. The van der Waals surface area contributed by atoms with Gasteiger partial charge in [-0.05, 0) is 92.0 Å². The van der Waals surface area contributed by atoms with E-state index in [9.17, 15) is 4.79 Å². The van der Waals surface area contributed by atoms with E-state index < -0.39 is 0 Å². The summed E-state index contributed by atoms with van der Waals surface area (Å²) in [7, 11) is 3.67. The molecule has 0 spiro atoms. The molecule has 1 saturated heterocycles. The first-order valence-electron chi connectivity index (χ1n) is 12.3. The number of nitrogens with zero attached hydrogens (tertiary/aromatic N) is 2. The van der Waals surface area contributed by atoms with Crippen LogP contribution in [0.3, 0.4) is 0 Å². The maximum Gasteiger partial charge on any atom is 0.252 e. The Morgan fingerprint density at radius 3 is 2.53 bits per heavy atom. The van der Waals surface area contributed by atoms with Gasteiger partial charge in [-0.3, -0.25) is 9.69 Å². The number of nitrogens with one attached hydrogen (secondary N) is 1. The van der Waals surface area contributed by atoms with Gasteiger partial charge in [-0.2, -0.15) is 0 Å². The number of likely N-dealkylation sites (tertiary alicyclic amines) is 1. The molecule has 0 unspecified atom stereocenters. The predicted octanol–water partition coefficient (Wildman–Crippen LogP) is 7.32. The second-order valence-corrected chi connectivity index (χ2v) is 11.6. The number of carbonyl (C=O) groups excluding carboxylic acids is 1. The first kappa shape index (κ1) is 26.8. The van der Waals surface area contributed by atoms with Crippen molar-refractivity contribution >= 4 is 61.3 Å². The van der Waals surface area contributed by atoms with Gasteiger partial charge in [0, 0.05) is 57.6 Å². The van der Waals surface area contributed by atoms with Crippen LogP contribution in [0.5, 0.6) is 0 Å². The van der Waals surface area contributed by atoms with Crippen LogP contribution in [-0.4, -0.2) is 44.2 Å². The second kappa shape index (κ2) is 12.3. The minimum Gasteiger partial charge on any atom is -0.388 e. The van der Waals surface area contributed by atoms with Gasteiger partial charge in [-0.15, -0.1) is 23.1 Å². The zero-order valence-corrected chi connectivity index (χ0v) is 23.8. The van der Waals surface area contributed by atoms with Crippen molar-refractivity contribution in [1.82, 2.24) is 10.2 Å². The average molecular weight is 540 g/mol. The summed E-state index contributed by atoms with van der Waals surface area (Å²) in [6, 6.07) is 14.1. The van der Waals surface area contributed by atoms with E-state index in [0.717, 1.165) is 28.4 Å². The molecule has 0 saturated carbocycles. The third-order valence-electron chi connectivity index (χ3n) is 6.76. The summed E-state index contributed by atoms with van der Waals surface area (Å²) in [4.78, 5) is 20.0. The van der Waals surface area contributed by atoms with Crippen LogP contribution in [0.4, 0.5) is 5.69 Å². The van der Waals surface area contributed by atoms with Crippen molar-refractivity contribution in [2.45, 2.75) is 32.7 Å². The molecule has 1 aliphatic rings. The molecule has 1 aliphatic heterocycles. The molecule has 190 valence electrons. The van der Waals surface area contributed by atoms with Gasteiger partial charge in [0.15, 0.2) is 0 Å². The Kier molecular flexibility index (Phi) is 9.18. The van der Waals surface area contributed by atoms with Gasteiger partial charge >= 0.3 is 0 Å². The fourth-order valence-electron chi connectivity index (χ4n) is 4.50. The smallest absolute Gasteiger partial charge is 0.252 e. The lowest BCUT2D eigenvalue weighted by Gasteiger charge is -2.26. The van der Waals surface area contributed by atoms with Gasteiger partial charge in [0.1, 0.15) is 0 Å². The van der Waals surface area contributed by atoms with Gasteiger partial charge in [0.05, 0.1) is 0 Å². The number of benzene rings is 2. The molecule has 0 radical (unpaired) electrons. The molecule has 0 atom stereocenters. The van der Waals surface area contributed by atoms with Crippen LogP contribution < -0.4 is 10.2 Å². The van der Waals surface area contributed by atoms with Crippen molar-refractivity contribution in [3.63, 3.8) is 0 Å². The molecule has 2 aromatic carbocycles. The van der Waals surface area contributed by atoms with E-state index >= 15 is 0 Å². The molecule has 7 heteroatoms. The summed E-state index contributed by atoms with van der Waals surface area (Å²) in [5.74, 6) is -0.0760. The minimum atomic E-state index is -0.0760. The number of hydrogen-bond donors (Lipinski definition) is 1. The van der Waals surface area contributed by atoms with Gasteiger partial charge in [0.2, 0.25) is 0 Å². The Morgan fingerprint density at radius 1 is 1.14 bits per heavy atom. The highest BCUT2D eigenvalue weighted by atomic mass is 35.5. The molecule has 0 bridgehead atoms. The Hall–Kier alpha value is -2.25. The number of aryl methyl sites for hydroxylation is 1. The van der Waals surface area contributed by atoms with Gasteiger partial charge in [0.25, 0.3) is 5.91 Å². The number of carbonyl (C=O) groups is 1. The largest absolute Gasteiger partial charge is 0.388 e. The summed E-state index contributed by atoms with van der Waals surface area (Å²) in [6.45, 7) is 5.64.